The van der Waals surface area contributed by atoms with E-state index in [1.807, 2.05) is 53.4 Å². The van der Waals surface area contributed by atoms with Gasteiger partial charge in [-0.1, -0.05) is 24.3 Å². The summed E-state index contributed by atoms with van der Waals surface area (Å²) in [6, 6.07) is 17.7. The third-order valence-corrected chi connectivity index (χ3v) is 5.35. The molecule has 0 spiro atoms. The lowest BCUT2D eigenvalue weighted by Crippen LogP contribution is -2.35. The molecule has 0 aliphatic carbocycles. The number of aromatic nitrogens is 1. The molecule has 0 bridgehead atoms. The molecule has 6 nitrogen and oxygen atoms in total. The molecule has 2 aromatic carbocycles. The number of fused-ring (bicyclic) bond motifs is 2. The van der Waals surface area contributed by atoms with Crippen LogP contribution in [0.25, 0.3) is 0 Å². The molecule has 0 radical (unpaired) electrons. The van der Waals surface area contributed by atoms with Crippen molar-refractivity contribution in [2.24, 2.45) is 0 Å². The average Bonchev–Trinajstić information content (AvgIpc) is 3.35. The van der Waals surface area contributed by atoms with Crippen LogP contribution >= 0.6 is 0 Å². The van der Waals surface area contributed by atoms with Gasteiger partial charge in [-0.05, 0) is 54.8 Å². The molecule has 1 amide bonds. The minimum atomic E-state index is -0.0164. The number of ether oxygens (including phenoxy) is 2. The monoisotopic (exact) mass is 387 g/mol. The molecule has 0 saturated carbocycles. The molecule has 3 heterocycles. The van der Waals surface area contributed by atoms with Crippen LogP contribution in [0.4, 0.5) is 11.5 Å². The zero-order valence-electron chi connectivity index (χ0n) is 16.1. The molecule has 6 heteroatoms. The molecule has 0 fully saturated rings. The number of carbonyl (C=O) groups is 1. The number of para-hydroxylation sites is 1. The summed E-state index contributed by atoms with van der Waals surface area (Å²) in [5.74, 6) is 2.23. The highest BCUT2D eigenvalue weighted by atomic mass is 16.7. The normalized spacial score (nSPS) is 16.6. The summed E-state index contributed by atoms with van der Waals surface area (Å²) in [5.41, 5.74) is 3.86. The van der Waals surface area contributed by atoms with Gasteiger partial charge in [0.05, 0.1) is 5.56 Å². The number of pyridine rings is 1. The summed E-state index contributed by atoms with van der Waals surface area (Å²) in [6.45, 7) is 2.95. The minimum absolute atomic E-state index is 0.0164. The number of rotatable bonds is 4. The summed E-state index contributed by atoms with van der Waals surface area (Å²) >= 11 is 0. The van der Waals surface area contributed by atoms with Crippen molar-refractivity contribution < 1.29 is 14.3 Å². The lowest BCUT2D eigenvalue weighted by molar-refractivity contribution is 0.0981. The van der Waals surface area contributed by atoms with Gasteiger partial charge in [-0.25, -0.2) is 4.98 Å². The Morgan fingerprint density at radius 1 is 1.14 bits per heavy atom. The maximum Gasteiger partial charge on any atom is 0.260 e. The lowest BCUT2D eigenvalue weighted by Gasteiger charge is -2.22. The van der Waals surface area contributed by atoms with E-state index in [0.717, 1.165) is 29.2 Å². The first-order chi connectivity index (χ1) is 14.2. The fourth-order valence-corrected chi connectivity index (χ4v) is 3.88. The molecule has 2 aliphatic heterocycles. The van der Waals surface area contributed by atoms with E-state index in [1.165, 1.54) is 5.56 Å². The zero-order chi connectivity index (χ0) is 19.8. The standard InChI is InChI=1S/C23H21N3O3/c1-15-10-17-4-2-3-5-19(17)26(15)23(27)18-7-9-22(25-13-18)24-12-16-6-8-20-21(11-16)29-14-28-20/h2-9,11,13,15H,10,12,14H2,1H3,(H,24,25). The summed E-state index contributed by atoms with van der Waals surface area (Å²) < 4.78 is 10.7. The van der Waals surface area contributed by atoms with Gasteiger partial charge in [-0.2, -0.15) is 0 Å². The Morgan fingerprint density at radius 2 is 2.00 bits per heavy atom. The van der Waals surface area contributed by atoms with Gasteiger partial charge in [0.2, 0.25) is 6.79 Å². The molecule has 5 rings (SSSR count). The third-order valence-electron chi connectivity index (χ3n) is 5.35. The number of hydrogen-bond donors (Lipinski definition) is 1. The van der Waals surface area contributed by atoms with Crippen LogP contribution in [0.5, 0.6) is 11.5 Å². The molecular formula is C23H21N3O3. The predicted molar refractivity (Wildman–Crippen MR) is 111 cm³/mol. The second-order valence-electron chi connectivity index (χ2n) is 7.33. The van der Waals surface area contributed by atoms with Crippen LogP contribution in [0.15, 0.2) is 60.8 Å². The number of anilines is 2. The number of amides is 1. The van der Waals surface area contributed by atoms with Gasteiger partial charge < -0.3 is 19.7 Å². The third kappa shape index (κ3) is 3.27. The Morgan fingerprint density at radius 3 is 2.86 bits per heavy atom. The van der Waals surface area contributed by atoms with Gasteiger partial charge in [0.1, 0.15) is 5.82 Å². The van der Waals surface area contributed by atoms with Gasteiger partial charge in [-0.3, -0.25) is 4.79 Å². The number of nitrogens with zero attached hydrogens (tertiary/aromatic N) is 2. The zero-order valence-corrected chi connectivity index (χ0v) is 16.1. The van der Waals surface area contributed by atoms with E-state index in [0.29, 0.717) is 17.9 Å². The Hall–Kier alpha value is -3.54. The van der Waals surface area contributed by atoms with Crippen molar-refractivity contribution in [3.05, 3.63) is 77.5 Å². The molecule has 146 valence electrons. The first kappa shape index (κ1) is 17.6. The number of nitrogens with one attached hydrogen (secondary N) is 1. The van der Waals surface area contributed by atoms with Crippen LogP contribution in [-0.4, -0.2) is 23.7 Å². The van der Waals surface area contributed by atoms with Crippen LogP contribution in [0.1, 0.15) is 28.4 Å². The van der Waals surface area contributed by atoms with Gasteiger partial charge in [-0.15, -0.1) is 0 Å². The van der Waals surface area contributed by atoms with Crippen LogP contribution < -0.4 is 19.7 Å². The van der Waals surface area contributed by atoms with Crippen molar-refractivity contribution in [1.82, 2.24) is 4.98 Å². The van der Waals surface area contributed by atoms with Crippen molar-refractivity contribution >= 4 is 17.4 Å². The van der Waals surface area contributed by atoms with Crippen molar-refractivity contribution in [1.29, 1.82) is 0 Å². The van der Waals surface area contributed by atoms with E-state index < -0.39 is 0 Å². The van der Waals surface area contributed by atoms with Crippen LogP contribution in [0, 0.1) is 0 Å². The second-order valence-corrected chi connectivity index (χ2v) is 7.33. The molecule has 3 aromatic rings. The number of benzene rings is 2. The molecule has 1 unspecified atom stereocenters. The highest BCUT2D eigenvalue weighted by Crippen LogP contribution is 2.34. The van der Waals surface area contributed by atoms with Crippen molar-refractivity contribution in [3.8, 4) is 11.5 Å². The summed E-state index contributed by atoms with van der Waals surface area (Å²) in [5, 5.41) is 3.28. The van der Waals surface area contributed by atoms with Crippen molar-refractivity contribution in [2.45, 2.75) is 25.9 Å². The second kappa shape index (κ2) is 7.13. The molecule has 1 N–H and O–H groups in total. The van der Waals surface area contributed by atoms with E-state index in [2.05, 4.69) is 23.3 Å². The lowest BCUT2D eigenvalue weighted by atomic mass is 10.1. The van der Waals surface area contributed by atoms with Gasteiger partial charge in [0, 0.05) is 24.5 Å². The molecule has 0 saturated heterocycles. The maximum atomic E-state index is 13.1. The topological polar surface area (TPSA) is 63.7 Å². The van der Waals surface area contributed by atoms with Gasteiger partial charge in [0.15, 0.2) is 11.5 Å². The summed E-state index contributed by atoms with van der Waals surface area (Å²) in [4.78, 5) is 19.4. The van der Waals surface area contributed by atoms with E-state index in [4.69, 9.17) is 9.47 Å². The van der Waals surface area contributed by atoms with Gasteiger partial charge >= 0.3 is 0 Å². The van der Waals surface area contributed by atoms with Crippen molar-refractivity contribution in [2.75, 3.05) is 17.0 Å². The Labute approximate surface area is 169 Å². The predicted octanol–water partition coefficient (Wildman–Crippen LogP) is 4.01. The highest BCUT2D eigenvalue weighted by molar-refractivity contribution is 6.07. The summed E-state index contributed by atoms with van der Waals surface area (Å²) in [7, 11) is 0. The fourth-order valence-electron chi connectivity index (χ4n) is 3.88. The van der Waals surface area contributed by atoms with E-state index in [1.54, 1.807) is 6.20 Å². The first-order valence-electron chi connectivity index (χ1n) is 9.69. The van der Waals surface area contributed by atoms with Gasteiger partial charge in [0.25, 0.3) is 5.91 Å². The number of hydrogen-bond acceptors (Lipinski definition) is 5. The molecular weight excluding hydrogens is 366 g/mol. The Balaban J connectivity index is 1.27. The largest absolute Gasteiger partial charge is 0.454 e. The number of carbonyl (C=O) groups excluding carboxylic acids is 1. The van der Waals surface area contributed by atoms with E-state index in [9.17, 15) is 4.79 Å². The Bertz CT molecular complexity index is 1070. The SMILES string of the molecule is CC1Cc2ccccc2N1C(=O)c1ccc(NCc2ccc3c(c2)OCO3)nc1. The van der Waals surface area contributed by atoms with E-state index >= 15 is 0 Å². The average molecular weight is 387 g/mol. The van der Waals surface area contributed by atoms with Crippen molar-refractivity contribution in [3.63, 3.8) is 0 Å². The first-order valence-corrected chi connectivity index (χ1v) is 9.69. The highest BCUT2D eigenvalue weighted by Gasteiger charge is 2.31. The molecule has 1 atom stereocenters. The van der Waals surface area contributed by atoms with Crippen LogP contribution in [0.3, 0.4) is 0 Å². The Kier molecular flexibility index (Phi) is 4.31. The fraction of sp³-hybridized carbons (Fsp3) is 0.217. The van der Waals surface area contributed by atoms with Crippen LogP contribution in [0.2, 0.25) is 0 Å². The maximum absolute atomic E-state index is 13.1. The molecule has 29 heavy (non-hydrogen) atoms. The molecule has 2 aliphatic rings. The van der Waals surface area contributed by atoms with Crippen LogP contribution in [-0.2, 0) is 13.0 Å². The summed E-state index contributed by atoms with van der Waals surface area (Å²) in [6.07, 6.45) is 2.52. The molecule has 1 aromatic heterocycles. The smallest absolute Gasteiger partial charge is 0.260 e. The van der Waals surface area contributed by atoms with E-state index in [-0.39, 0.29) is 18.7 Å². The minimum Gasteiger partial charge on any atom is -0.454 e. The quantitative estimate of drug-likeness (QED) is 0.733.